The van der Waals surface area contributed by atoms with Gasteiger partial charge in [0.05, 0.1) is 25.2 Å². The number of esters is 1. The molecule has 2 aromatic carbocycles. The number of piperidine rings is 1. The first kappa shape index (κ1) is 23.8. The van der Waals surface area contributed by atoms with Crippen LogP contribution in [0.5, 0.6) is 0 Å². The third-order valence-electron chi connectivity index (χ3n) is 5.47. The number of ether oxygens (including phenoxy) is 4. The lowest BCUT2D eigenvalue weighted by Gasteiger charge is -2.40. The van der Waals surface area contributed by atoms with Crippen molar-refractivity contribution in [3.8, 4) is 0 Å². The van der Waals surface area contributed by atoms with Gasteiger partial charge in [0.15, 0.2) is 0 Å². The molecule has 0 N–H and O–H groups in total. The summed E-state index contributed by atoms with van der Waals surface area (Å²) in [4.78, 5) is 26.3. The minimum Gasteiger partial charge on any atom is -0.466 e. The normalized spacial score (nSPS) is 15.2. The summed E-state index contributed by atoms with van der Waals surface area (Å²) in [7, 11) is 0. The molecule has 1 saturated heterocycles. The molecule has 32 heavy (non-hydrogen) atoms. The van der Waals surface area contributed by atoms with Crippen LogP contribution in [0.3, 0.4) is 0 Å². The number of nitrogens with zero attached hydrogens (tertiary/aromatic N) is 1. The van der Waals surface area contributed by atoms with E-state index < -0.39 is 5.60 Å². The van der Waals surface area contributed by atoms with Gasteiger partial charge in [-0.15, -0.1) is 0 Å². The highest BCUT2D eigenvalue weighted by Gasteiger charge is 2.39. The summed E-state index contributed by atoms with van der Waals surface area (Å²) < 4.78 is 22.3. The van der Waals surface area contributed by atoms with Crippen molar-refractivity contribution in [2.45, 2.75) is 45.0 Å². The third kappa shape index (κ3) is 7.35. The Morgan fingerprint density at radius 1 is 0.875 bits per heavy atom. The van der Waals surface area contributed by atoms with Gasteiger partial charge in [-0.05, 0) is 30.9 Å². The molecule has 1 amide bonds. The highest BCUT2D eigenvalue weighted by molar-refractivity contribution is 5.71. The number of likely N-dealkylation sites (tertiary alicyclic amines) is 1. The van der Waals surface area contributed by atoms with E-state index in [4.69, 9.17) is 18.9 Å². The van der Waals surface area contributed by atoms with Crippen molar-refractivity contribution < 1.29 is 28.5 Å². The highest BCUT2D eigenvalue weighted by Crippen LogP contribution is 2.31. The van der Waals surface area contributed by atoms with Gasteiger partial charge in [0, 0.05) is 13.1 Å². The maximum atomic E-state index is 12.5. The molecule has 1 fully saturated rings. The van der Waals surface area contributed by atoms with E-state index in [0.717, 1.165) is 11.1 Å². The molecule has 0 saturated carbocycles. The summed E-state index contributed by atoms with van der Waals surface area (Å²) >= 11 is 0. The van der Waals surface area contributed by atoms with Gasteiger partial charge in [0.1, 0.15) is 13.4 Å². The van der Waals surface area contributed by atoms with Crippen molar-refractivity contribution in [2.24, 2.45) is 0 Å². The van der Waals surface area contributed by atoms with Crippen LogP contribution in [-0.4, -0.2) is 49.1 Å². The van der Waals surface area contributed by atoms with Crippen LogP contribution >= 0.6 is 0 Å². The lowest BCUT2D eigenvalue weighted by atomic mass is 9.88. The molecule has 7 heteroatoms. The summed E-state index contributed by atoms with van der Waals surface area (Å²) in [6.45, 7) is 3.68. The topological polar surface area (TPSA) is 74.3 Å². The monoisotopic (exact) mass is 441 g/mol. The third-order valence-corrected chi connectivity index (χ3v) is 5.47. The molecule has 2 aromatic rings. The lowest BCUT2D eigenvalue weighted by Crippen LogP contribution is -2.49. The minimum absolute atomic E-state index is 0.0623. The molecule has 1 heterocycles. The average Bonchev–Trinajstić information content (AvgIpc) is 2.82. The molecule has 0 unspecified atom stereocenters. The van der Waals surface area contributed by atoms with Gasteiger partial charge in [-0.25, -0.2) is 4.79 Å². The fraction of sp³-hybridized carbons (Fsp3) is 0.440. The smallest absolute Gasteiger partial charge is 0.410 e. The zero-order valence-corrected chi connectivity index (χ0v) is 18.5. The Balaban J connectivity index is 1.50. The molecule has 172 valence electrons. The van der Waals surface area contributed by atoms with Crippen LogP contribution in [0.1, 0.15) is 37.3 Å². The molecular formula is C25H31NO6. The summed E-state index contributed by atoms with van der Waals surface area (Å²) in [6.07, 6.45) is 0.767. The molecule has 1 aliphatic heterocycles. The van der Waals surface area contributed by atoms with E-state index in [-0.39, 0.29) is 31.9 Å². The second-order valence-electron chi connectivity index (χ2n) is 7.79. The number of hydrogen-bond acceptors (Lipinski definition) is 6. The second-order valence-corrected chi connectivity index (χ2v) is 7.79. The van der Waals surface area contributed by atoms with Gasteiger partial charge in [-0.2, -0.15) is 0 Å². The van der Waals surface area contributed by atoms with E-state index in [1.807, 2.05) is 60.7 Å². The van der Waals surface area contributed by atoms with Crippen LogP contribution in [0.15, 0.2) is 60.7 Å². The molecule has 0 bridgehead atoms. The van der Waals surface area contributed by atoms with Crippen LogP contribution in [0, 0.1) is 0 Å². The van der Waals surface area contributed by atoms with Gasteiger partial charge in [-0.1, -0.05) is 60.7 Å². The van der Waals surface area contributed by atoms with Gasteiger partial charge in [-0.3, -0.25) is 4.79 Å². The molecule has 0 radical (unpaired) electrons. The fourth-order valence-electron chi connectivity index (χ4n) is 3.66. The highest BCUT2D eigenvalue weighted by atomic mass is 16.7. The molecule has 0 spiro atoms. The van der Waals surface area contributed by atoms with Crippen LogP contribution < -0.4 is 0 Å². The summed E-state index contributed by atoms with van der Waals surface area (Å²) in [5.41, 5.74) is 1.26. The Morgan fingerprint density at radius 2 is 1.47 bits per heavy atom. The number of benzene rings is 2. The first-order valence-electron chi connectivity index (χ1n) is 11.0. The van der Waals surface area contributed by atoms with Gasteiger partial charge in [0.2, 0.25) is 0 Å². The van der Waals surface area contributed by atoms with Crippen molar-refractivity contribution in [3.05, 3.63) is 71.8 Å². The van der Waals surface area contributed by atoms with Crippen molar-refractivity contribution >= 4 is 12.1 Å². The Kier molecular flexibility index (Phi) is 9.07. The molecule has 3 rings (SSSR count). The second kappa shape index (κ2) is 12.2. The summed E-state index contributed by atoms with van der Waals surface area (Å²) in [5, 5.41) is 0. The first-order chi connectivity index (χ1) is 15.6. The summed E-state index contributed by atoms with van der Waals surface area (Å²) in [5.74, 6) is -0.310. The quantitative estimate of drug-likeness (QED) is 0.311. The van der Waals surface area contributed by atoms with E-state index in [1.54, 1.807) is 11.8 Å². The Morgan fingerprint density at radius 3 is 2.06 bits per heavy atom. The van der Waals surface area contributed by atoms with Crippen molar-refractivity contribution in [2.75, 3.05) is 26.5 Å². The maximum absolute atomic E-state index is 12.5. The van der Waals surface area contributed by atoms with Crippen molar-refractivity contribution in [1.29, 1.82) is 0 Å². The number of amides is 1. The zero-order valence-electron chi connectivity index (χ0n) is 18.5. The molecular weight excluding hydrogens is 410 g/mol. The van der Waals surface area contributed by atoms with Gasteiger partial charge in [0.25, 0.3) is 0 Å². The lowest BCUT2D eigenvalue weighted by molar-refractivity contribution is -0.179. The average molecular weight is 442 g/mol. The Bertz CT molecular complexity index is 834. The van der Waals surface area contributed by atoms with E-state index in [0.29, 0.717) is 39.1 Å². The van der Waals surface area contributed by atoms with Crippen LogP contribution in [0.2, 0.25) is 0 Å². The van der Waals surface area contributed by atoms with Crippen LogP contribution in [0.4, 0.5) is 4.79 Å². The predicted molar refractivity (Wildman–Crippen MR) is 119 cm³/mol. The fourth-order valence-corrected chi connectivity index (χ4v) is 3.66. The van der Waals surface area contributed by atoms with E-state index in [9.17, 15) is 9.59 Å². The molecule has 1 aliphatic rings. The SMILES string of the molecule is CCOC(=O)CC1(OCOCc2ccccc2)CCN(C(=O)OCc2ccccc2)CC1. The minimum atomic E-state index is -0.723. The van der Waals surface area contributed by atoms with Gasteiger partial charge >= 0.3 is 12.1 Å². The van der Waals surface area contributed by atoms with Crippen LogP contribution in [0.25, 0.3) is 0 Å². The van der Waals surface area contributed by atoms with Crippen molar-refractivity contribution in [1.82, 2.24) is 4.90 Å². The molecule has 0 aliphatic carbocycles. The number of hydrogen-bond donors (Lipinski definition) is 0. The Hall–Kier alpha value is -2.90. The number of rotatable bonds is 10. The number of carbonyl (C=O) groups is 2. The van der Waals surface area contributed by atoms with Gasteiger partial charge < -0.3 is 23.8 Å². The van der Waals surface area contributed by atoms with E-state index in [1.165, 1.54) is 0 Å². The molecule has 7 nitrogen and oxygen atoms in total. The maximum Gasteiger partial charge on any atom is 0.410 e. The molecule has 0 atom stereocenters. The van der Waals surface area contributed by atoms with Crippen molar-refractivity contribution in [3.63, 3.8) is 0 Å². The largest absolute Gasteiger partial charge is 0.466 e. The Labute approximate surface area is 189 Å². The molecule has 0 aromatic heterocycles. The zero-order chi connectivity index (χ0) is 22.7. The van der Waals surface area contributed by atoms with E-state index >= 15 is 0 Å². The predicted octanol–water partition coefficient (Wildman–Crippen LogP) is 4.30. The first-order valence-corrected chi connectivity index (χ1v) is 11.0. The summed E-state index contributed by atoms with van der Waals surface area (Å²) in [6, 6.07) is 19.4. The van der Waals surface area contributed by atoms with Crippen LogP contribution in [-0.2, 0) is 37.0 Å². The number of carbonyl (C=O) groups excluding carboxylic acids is 2. The standard InChI is InChI=1S/C25H31NO6/c1-2-30-23(27)17-25(32-20-29-18-21-9-5-3-6-10-21)13-15-26(16-14-25)24(28)31-19-22-11-7-4-8-12-22/h3-12H,2,13-20H2,1H3. The van der Waals surface area contributed by atoms with E-state index in [2.05, 4.69) is 0 Å².